The lowest BCUT2D eigenvalue weighted by Crippen LogP contribution is -2.14. The molecule has 0 N–H and O–H groups in total. The standard InChI is InChI=1S/C25H34O3/c1-4-6-8-9-19-27-24-17-15-22(16-18-24)21-11-13-23(14-12-21)25(26)28-20(3)10-7-5-2/h11-18,20H,4-10,19H2,1-3H3/t20-/m1/s1. The van der Waals surface area contributed by atoms with Crippen molar-refractivity contribution in [3.05, 3.63) is 54.1 Å². The monoisotopic (exact) mass is 382 g/mol. The number of hydrogen-bond acceptors (Lipinski definition) is 3. The maximum absolute atomic E-state index is 12.2. The minimum absolute atomic E-state index is 0.0401. The molecule has 0 heterocycles. The van der Waals surface area contributed by atoms with E-state index in [0.29, 0.717) is 5.56 Å². The van der Waals surface area contributed by atoms with E-state index in [0.717, 1.165) is 49.2 Å². The largest absolute Gasteiger partial charge is 0.494 e. The Morgan fingerprint density at radius 2 is 1.43 bits per heavy atom. The van der Waals surface area contributed by atoms with Crippen LogP contribution in [0.1, 0.15) is 76.1 Å². The van der Waals surface area contributed by atoms with E-state index in [1.165, 1.54) is 19.3 Å². The van der Waals surface area contributed by atoms with E-state index < -0.39 is 0 Å². The molecule has 0 saturated heterocycles. The normalized spacial score (nSPS) is 11.8. The fourth-order valence-electron chi connectivity index (χ4n) is 3.06. The summed E-state index contributed by atoms with van der Waals surface area (Å²) >= 11 is 0. The third-order valence-electron chi connectivity index (χ3n) is 4.85. The Morgan fingerprint density at radius 1 is 0.821 bits per heavy atom. The van der Waals surface area contributed by atoms with Crippen LogP contribution in [0.5, 0.6) is 5.75 Å². The first-order valence-electron chi connectivity index (χ1n) is 10.7. The molecule has 3 heteroatoms. The SMILES string of the molecule is CCCCCCOc1ccc(-c2ccc(C(=O)O[C@H](C)CCCC)cc2)cc1. The van der Waals surface area contributed by atoms with Gasteiger partial charge in [-0.1, -0.05) is 70.2 Å². The van der Waals surface area contributed by atoms with Crippen LogP contribution in [0.15, 0.2) is 48.5 Å². The highest BCUT2D eigenvalue weighted by molar-refractivity contribution is 5.90. The summed E-state index contributed by atoms with van der Waals surface area (Å²) in [6.07, 6.45) is 7.89. The minimum atomic E-state index is -0.248. The van der Waals surface area contributed by atoms with Crippen LogP contribution in [0.2, 0.25) is 0 Å². The highest BCUT2D eigenvalue weighted by Gasteiger charge is 2.12. The van der Waals surface area contributed by atoms with E-state index in [1.54, 1.807) is 0 Å². The number of unbranched alkanes of at least 4 members (excludes halogenated alkanes) is 4. The van der Waals surface area contributed by atoms with Gasteiger partial charge in [-0.05, 0) is 55.2 Å². The van der Waals surface area contributed by atoms with Gasteiger partial charge in [-0.3, -0.25) is 0 Å². The molecule has 2 rings (SSSR count). The molecule has 0 fully saturated rings. The van der Waals surface area contributed by atoms with Crippen LogP contribution in [0, 0.1) is 0 Å². The summed E-state index contributed by atoms with van der Waals surface area (Å²) in [6, 6.07) is 15.7. The van der Waals surface area contributed by atoms with E-state index in [2.05, 4.69) is 26.0 Å². The van der Waals surface area contributed by atoms with Crippen molar-refractivity contribution < 1.29 is 14.3 Å². The maximum Gasteiger partial charge on any atom is 0.338 e. The van der Waals surface area contributed by atoms with Gasteiger partial charge in [0.05, 0.1) is 18.3 Å². The molecule has 0 saturated carbocycles. The summed E-state index contributed by atoms with van der Waals surface area (Å²) < 4.78 is 11.3. The second kappa shape index (κ2) is 12.2. The lowest BCUT2D eigenvalue weighted by atomic mass is 10.0. The van der Waals surface area contributed by atoms with Crippen LogP contribution in [0.4, 0.5) is 0 Å². The van der Waals surface area contributed by atoms with E-state index in [9.17, 15) is 4.79 Å². The Labute approximate surface area is 170 Å². The predicted molar refractivity (Wildman–Crippen MR) is 116 cm³/mol. The Morgan fingerprint density at radius 3 is 2.04 bits per heavy atom. The zero-order chi connectivity index (χ0) is 20.2. The highest BCUT2D eigenvalue weighted by Crippen LogP contribution is 2.23. The van der Waals surface area contributed by atoms with Crippen molar-refractivity contribution in [1.29, 1.82) is 0 Å². The van der Waals surface area contributed by atoms with E-state index in [-0.39, 0.29) is 12.1 Å². The Kier molecular flexibility index (Phi) is 9.61. The van der Waals surface area contributed by atoms with E-state index >= 15 is 0 Å². The first kappa shape index (κ1) is 22.0. The third-order valence-corrected chi connectivity index (χ3v) is 4.85. The Balaban J connectivity index is 1.87. The van der Waals surface area contributed by atoms with Crippen molar-refractivity contribution in [2.75, 3.05) is 6.61 Å². The number of hydrogen-bond donors (Lipinski definition) is 0. The van der Waals surface area contributed by atoms with Crippen LogP contribution < -0.4 is 4.74 Å². The average Bonchev–Trinajstić information content (AvgIpc) is 2.72. The lowest BCUT2D eigenvalue weighted by Gasteiger charge is -2.13. The second-order valence-corrected chi connectivity index (χ2v) is 7.37. The number of benzene rings is 2. The van der Waals surface area contributed by atoms with Crippen LogP contribution in [0.25, 0.3) is 11.1 Å². The first-order valence-corrected chi connectivity index (χ1v) is 10.7. The molecule has 2 aromatic rings. The van der Waals surface area contributed by atoms with Gasteiger partial charge in [-0.15, -0.1) is 0 Å². The molecule has 0 aliphatic heterocycles. The van der Waals surface area contributed by atoms with Gasteiger partial charge in [-0.25, -0.2) is 4.79 Å². The molecule has 1 atom stereocenters. The number of ether oxygens (including phenoxy) is 2. The summed E-state index contributed by atoms with van der Waals surface area (Å²) in [5.74, 6) is 0.656. The van der Waals surface area contributed by atoms with Crippen molar-refractivity contribution in [3.63, 3.8) is 0 Å². The maximum atomic E-state index is 12.2. The quantitative estimate of drug-likeness (QED) is 0.291. The van der Waals surface area contributed by atoms with Gasteiger partial charge in [0.25, 0.3) is 0 Å². The molecule has 0 aliphatic carbocycles. The molecule has 0 unspecified atom stereocenters. The van der Waals surface area contributed by atoms with Gasteiger partial charge in [0.15, 0.2) is 0 Å². The Hall–Kier alpha value is -2.29. The van der Waals surface area contributed by atoms with Crippen molar-refractivity contribution >= 4 is 5.97 Å². The summed E-state index contributed by atoms with van der Waals surface area (Å²) in [6.45, 7) is 7.07. The van der Waals surface area contributed by atoms with Crippen molar-refractivity contribution in [2.24, 2.45) is 0 Å². The van der Waals surface area contributed by atoms with Crippen molar-refractivity contribution in [1.82, 2.24) is 0 Å². The zero-order valence-electron chi connectivity index (χ0n) is 17.6. The molecule has 0 amide bonds. The van der Waals surface area contributed by atoms with Gasteiger partial charge in [0.1, 0.15) is 5.75 Å². The smallest absolute Gasteiger partial charge is 0.338 e. The number of esters is 1. The molecule has 28 heavy (non-hydrogen) atoms. The third kappa shape index (κ3) is 7.38. The molecule has 0 aliphatic rings. The van der Waals surface area contributed by atoms with Gasteiger partial charge < -0.3 is 9.47 Å². The zero-order valence-corrected chi connectivity index (χ0v) is 17.6. The van der Waals surface area contributed by atoms with Gasteiger partial charge in [0.2, 0.25) is 0 Å². The molecule has 0 radical (unpaired) electrons. The summed E-state index contributed by atoms with van der Waals surface area (Å²) in [4.78, 5) is 12.2. The van der Waals surface area contributed by atoms with E-state index in [4.69, 9.17) is 9.47 Å². The summed E-state index contributed by atoms with van der Waals surface area (Å²) in [5.41, 5.74) is 2.78. The number of carbonyl (C=O) groups is 1. The Bertz CT molecular complexity index is 689. The number of rotatable bonds is 12. The molecule has 0 aromatic heterocycles. The molecular formula is C25H34O3. The van der Waals surface area contributed by atoms with Crippen LogP contribution in [-0.4, -0.2) is 18.7 Å². The summed E-state index contributed by atoms with van der Waals surface area (Å²) in [5, 5.41) is 0. The molecule has 152 valence electrons. The highest BCUT2D eigenvalue weighted by atomic mass is 16.5. The van der Waals surface area contributed by atoms with Gasteiger partial charge in [0, 0.05) is 0 Å². The van der Waals surface area contributed by atoms with Crippen molar-refractivity contribution in [2.45, 2.75) is 71.8 Å². The average molecular weight is 383 g/mol. The molecule has 3 nitrogen and oxygen atoms in total. The molecule has 0 bridgehead atoms. The fraction of sp³-hybridized carbons (Fsp3) is 0.480. The number of carbonyl (C=O) groups excluding carboxylic acids is 1. The minimum Gasteiger partial charge on any atom is -0.494 e. The van der Waals surface area contributed by atoms with Crippen LogP contribution >= 0.6 is 0 Å². The second-order valence-electron chi connectivity index (χ2n) is 7.37. The van der Waals surface area contributed by atoms with Crippen LogP contribution in [-0.2, 0) is 4.74 Å². The first-order chi connectivity index (χ1) is 13.6. The molecular weight excluding hydrogens is 348 g/mol. The van der Waals surface area contributed by atoms with Crippen molar-refractivity contribution in [3.8, 4) is 16.9 Å². The fourth-order valence-corrected chi connectivity index (χ4v) is 3.06. The topological polar surface area (TPSA) is 35.5 Å². The van der Waals surface area contributed by atoms with Gasteiger partial charge >= 0.3 is 5.97 Å². The predicted octanol–water partition coefficient (Wildman–Crippen LogP) is 7.05. The van der Waals surface area contributed by atoms with E-state index in [1.807, 2.05) is 43.3 Å². The van der Waals surface area contributed by atoms with Gasteiger partial charge in [-0.2, -0.15) is 0 Å². The molecule has 2 aromatic carbocycles. The van der Waals surface area contributed by atoms with Crippen LogP contribution in [0.3, 0.4) is 0 Å². The molecule has 0 spiro atoms. The lowest BCUT2D eigenvalue weighted by molar-refractivity contribution is 0.0320. The summed E-state index contributed by atoms with van der Waals surface area (Å²) in [7, 11) is 0.